The van der Waals surface area contributed by atoms with E-state index in [-0.39, 0.29) is 24.6 Å². The molecule has 0 aromatic heterocycles. The maximum Gasteiger partial charge on any atom is 0.508 e. The fourth-order valence-electron chi connectivity index (χ4n) is 7.48. The fourth-order valence-corrected chi connectivity index (χ4v) is 7.48. The molecule has 0 aliphatic rings. The lowest BCUT2D eigenvalue weighted by Gasteiger charge is -2.22. The van der Waals surface area contributed by atoms with E-state index in [1.807, 2.05) is 0 Å². The molecular weight excluding hydrogens is 703 g/mol. The third kappa shape index (κ3) is 38.2. The fraction of sp³-hybridized carbons (Fsp3) is 0.958. The average Bonchev–Trinajstić information content (AvgIpc) is 3.19. The molecule has 0 aliphatic heterocycles. The Kier molecular flexibility index (Phi) is 43.6. The van der Waals surface area contributed by atoms with Gasteiger partial charge in [-0.05, 0) is 77.3 Å². The molecule has 8 heteroatoms. The molecule has 0 amide bonds. The molecule has 0 heterocycles. The molecule has 2 unspecified atom stereocenters. The van der Waals surface area contributed by atoms with E-state index in [4.69, 9.17) is 24.1 Å². The van der Waals surface area contributed by atoms with E-state index in [1.54, 1.807) is 0 Å². The summed E-state index contributed by atoms with van der Waals surface area (Å²) < 4.78 is 22.7. The number of esters is 1. The van der Waals surface area contributed by atoms with E-state index in [0.29, 0.717) is 26.4 Å². The Hall–Kier alpha value is -1.38. The lowest BCUT2D eigenvalue weighted by Crippen LogP contribution is -2.30. The summed E-state index contributed by atoms with van der Waals surface area (Å²) in [5, 5.41) is 9.10. The van der Waals surface area contributed by atoms with Crippen LogP contribution in [0.3, 0.4) is 0 Å². The van der Waals surface area contributed by atoms with Crippen LogP contribution in [0.2, 0.25) is 0 Å². The first-order chi connectivity index (χ1) is 27.5. The number of aliphatic hydroxyl groups is 1. The Labute approximate surface area is 347 Å². The SMILES string of the molecule is CCCCCCCCCC(CCCCC)OC(=O)OCCCCCCN(CCCCCCOC(=O)C(CCCCCC)CCCCCCCC)CCOCCO. The molecule has 0 saturated carbocycles. The van der Waals surface area contributed by atoms with E-state index in [1.165, 1.54) is 103 Å². The standard InChI is InChI=1S/C48H95NO7/c1-5-9-13-16-18-20-28-36-46(35-25-12-8-4)56-48(52)55-42-32-24-22-30-38-49(39-43-53-44-40-50)37-29-21-23-31-41-54-47(51)45(33-26-15-11-7-3)34-27-19-17-14-10-6-2/h45-46,50H,5-44H2,1-4H3. The van der Waals surface area contributed by atoms with Crippen molar-refractivity contribution >= 4 is 12.1 Å². The number of hydrogen-bond donors (Lipinski definition) is 1. The zero-order chi connectivity index (χ0) is 41.0. The van der Waals surface area contributed by atoms with Crippen molar-refractivity contribution in [2.45, 2.75) is 239 Å². The highest BCUT2D eigenvalue weighted by molar-refractivity contribution is 5.72. The molecular formula is C48H95NO7. The topological polar surface area (TPSA) is 94.5 Å². The largest absolute Gasteiger partial charge is 0.508 e. The van der Waals surface area contributed by atoms with Crippen molar-refractivity contribution in [2.24, 2.45) is 5.92 Å². The summed E-state index contributed by atoms with van der Waals surface area (Å²) in [5.74, 6) is 0.113. The van der Waals surface area contributed by atoms with Gasteiger partial charge in [0.15, 0.2) is 0 Å². The third-order valence-corrected chi connectivity index (χ3v) is 11.2. The second kappa shape index (κ2) is 44.7. The zero-order valence-electron chi connectivity index (χ0n) is 37.8. The van der Waals surface area contributed by atoms with Crippen LogP contribution < -0.4 is 0 Å². The lowest BCUT2D eigenvalue weighted by molar-refractivity contribution is -0.149. The van der Waals surface area contributed by atoms with E-state index in [9.17, 15) is 9.59 Å². The number of hydrogen-bond acceptors (Lipinski definition) is 8. The van der Waals surface area contributed by atoms with Crippen LogP contribution in [0.15, 0.2) is 0 Å². The highest BCUT2D eigenvalue weighted by Crippen LogP contribution is 2.21. The molecule has 0 spiro atoms. The third-order valence-electron chi connectivity index (χ3n) is 11.2. The van der Waals surface area contributed by atoms with Crippen molar-refractivity contribution in [2.75, 3.05) is 52.7 Å². The van der Waals surface area contributed by atoms with Crippen LogP contribution in [0.1, 0.15) is 233 Å². The summed E-state index contributed by atoms with van der Waals surface area (Å²) in [6.07, 6.45) is 36.3. The highest BCUT2D eigenvalue weighted by atomic mass is 16.7. The Bertz CT molecular complexity index is 812. The number of rotatable bonds is 45. The van der Waals surface area contributed by atoms with E-state index in [2.05, 4.69) is 32.6 Å². The van der Waals surface area contributed by atoms with Gasteiger partial charge in [-0.3, -0.25) is 4.79 Å². The second-order valence-corrected chi connectivity index (χ2v) is 16.5. The van der Waals surface area contributed by atoms with Gasteiger partial charge in [0.2, 0.25) is 0 Å². The van der Waals surface area contributed by atoms with Crippen LogP contribution >= 0.6 is 0 Å². The van der Waals surface area contributed by atoms with E-state index in [0.717, 1.165) is 122 Å². The van der Waals surface area contributed by atoms with E-state index < -0.39 is 6.16 Å². The first-order valence-corrected chi connectivity index (χ1v) is 24.4. The molecule has 0 aliphatic carbocycles. The van der Waals surface area contributed by atoms with Gasteiger partial charge in [0.25, 0.3) is 0 Å². The van der Waals surface area contributed by atoms with Crippen LogP contribution in [0.25, 0.3) is 0 Å². The summed E-state index contributed by atoms with van der Waals surface area (Å²) in [4.78, 5) is 27.9. The van der Waals surface area contributed by atoms with Crippen molar-refractivity contribution in [1.82, 2.24) is 4.90 Å². The Balaban J connectivity index is 4.36. The lowest BCUT2D eigenvalue weighted by atomic mass is 9.94. The minimum absolute atomic E-state index is 0.0169. The normalized spacial score (nSPS) is 12.6. The zero-order valence-corrected chi connectivity index (χ0v) is 37.8. The molecule has 0 fully saturated rings. The van der Waals surface area contributed by atoms with Gasteiger partial charge in [-0.15, -0.1) is 0 Å². The highest BCUT2D eigenvalue weighted by Gasteiger charge is 2.19. The van der Waals surface area contributed by atoms with Gasteiger partial charge in [-0.1, -0.05) is 169 Å². The maximum absolute atomic E-state index is 13.0. The smallest absolute Gasteiger partial charge is 0.465 e. The quantitative estimate of drug-likeness (QED) is 0.0481. The average molecular weight is 798 g/mol. The van der Waals surface area contributed by atoms with Gasteiger partial charge in [-0.2, -0.15) is 0 Å². The number of ether oxygens (including phenoxy) is 4. The number of aliphatic hydroxyl groups excluding tert-OH is 1. The van der Waals surface area contributed by atoms with E-state index >= 15 is 0 Å². The van der Waals surface area contributed by atoms with Crippen LogP contribution in [0, 0.1) is 5.92 Å². The number of carbonyl (C=O) groups excluding carboxylic acids is 2. The van der Waals surface area contributed by atoms with Gasteiger partial charge in [-0.25, -0.2) is 4.79 Å². The van der Waals surface area contributed by atoms with Crippen molar-refractivity contribution < 1.29 is 33.6 Å². The minimum Gasteiger partial charge on any atom is -0.465 e. The number of nitrogens with zero attached hydrogens (tertiary/aromatic N) is 1. The summed E-state index contributed by atoms with van der Waals surface area (Å²) in [6, 6.07) is 0. The van der Waals surface area contributed by atoms with Gasteiger partial charge in [0.1, 0.15) is 6.10 Å². The number of carbonyl (C=O) groups is 2. The van der Waals surface area contributed by atoms with Crippen molar-refractivity contribution in [3.05, 3.63) is 0 Å². The monoisotopic (exact) mass is 798 g/mol. The molecule has 0 bridgehead atoms. The molecule has 334 valence electrons. The van der Waals surface area contributed by atoms with Gasteiger partial charge >= 0.3 is 12.1 Å². The van der Waals surface area contributed by atoms with Crippen LogP contribution in [0.4, 0.5) is 4.79 Å². The van der Waals surface area contributed by atoms with Gasteiger partial charge in [0, 0.05) is 6.54 Å². The van der Waals surface area contributed by atoms with Crippen LogP contribution in [0.5, 0.6) is 0 Å². The van der Waals surface area contributed by atoms with Crippen LogP contribution in [-0.2, 0) is 23.7 Å². The summed E-state index contributed by atoms with van der Waals surface area (Å²) in [7, 11) is 0. The van der Waals surface area contributed by atoms with Crippen LogP contribution in [-0.4, -0.2) is 80.9 Å². The van der Waals surface area contributed by atoms with Crippen molar-refractivity contribution in [3.8, 4) is 0 Å². The maximum atomic E-state index is 13.0. The van der Waals surface area contributed by atoms with Crippen molar-refractivity contribution in [3.63, 3.8) is 0 Å². The molecule has 8 nitrogen and oxygen atoms in total. The predicted molar refractivity (Wildman–Crippen MR) is 235 cm³/mol. The number of unbranched alkanes of at least 4 members (excludes halogenated alkanes) is 22. The van der Waals surface area contributed by atoms with Gasteiger partial charge in [0.05, 0.1) is 39.0 Å². The molecule has 0 saturated heterocycles. The summed E-state index contributed by atoms with van der Waals surface area (Å²) >= 11 is 0. The Morgan fingerprint density at radius 1 is 0.446 bits per heavy atom. The molecule has 2 atom stereocenters. The predicted octanol–water partition coefficient (Wildman–Crippen LogP) is 13.5. The molecule has 1 N–H and O–H groups in total. The molecule has 56 heavy (non-hydrogen) atoms. The summed E-state index contributed by atoms with van der Waals surface area (Å²) in [5.41, 5.74) is 0. The van der Waals surface area contributed by atoms with Gasteiger partial charge < -0.3 is 29.0 Å². The molecule has 0 rings (SSSR count). The first kappa shape index (κ1) is 54.6. The first-order valence-electron chi connectivity index (χ1n) is 24.4. The molecule has 0 aromatic carbocycles. The second-order valence-electron chi connectivity index (χ2n) is 16.5. The minimum atomic E-state index is -0.493. The Morgan fingerprint density at radius 3 is 1.39 bits per heavy atom. The molecule has 0 aromatic rings. The summed E-state index contributed by atoms with van der Waals surface area (Å²) in [6.45, 7) is 13.9. The van der Waals surface area contributed by atoms with Crippen molar-refractivity contribution in [1.29, 1.82) is 0 Å². The molecule has 0 radical (unpaired) electrons. The Morgan fingerprint density at radius 2 is 0.857 bits per heavy atom.